The first kappa shape index (κ1) is 30.9. The molecule has 0 radical (unpaired) electrons. The molecule has 0 heterocycles. The number of alkyl halides is 1. The lowest BCUT2D eigenvalue weighted by atomic mass is 10.0. The Balaban J connectivity index is 3.41. The molecule has 0 aromatic rings. The summed E-state index contributed by atoms with van der Waals surface area (Å²) in [7, 11) is -1.49. The summed E-state index contributed by atoms with van der Waals surface area (Å²) in [5.41, 5.74) is 0. The van der Waals surface area contributed by atoms with Crippen LogP contribution in [0.4, 0.5) is 0 Å². The number of thioether (sulfide) groups is 1. The Hall–Kier alpha value is 0.950. The van der Waals surface area contributed by atoms with Crippen LogP contribution in [0, 0.1) is 0 Å². The van der Waals surface area contributed by atoms with Gasteiger partial charge in [-0.2, -0.15) is 11.8 Å². The van der Waals surface area contributed by atoms with Crippen molar-refractivity contribution in [3.63, 3.8) is 0 Å². The molecule has 1 unspecified atom stereocenters. The van der Waals surface area contributed by atoms with Crippen molar-refractivity contribution in [2.75, 3.05) is 35.3 Å². The number of nitrogens with one attached hydrogen (secondary N) is 1. The summed E-state index contributed by atoms with van der Waals surface area (Å²) in [5.74, 6) is 2.20. The normalized spacial score (nSPS) is 13.0. The molecule has 0 rings (SSSR count). The van der Waals surface area contributed by atoms with Gasteiger partial charge >= 0.3 is 0 Å². The van der Waals surface area contributed by atoms with E-state index in [2.05, 4.69) is 34.2 Å². The highest BCUT2D eigenvalue weighted by Crippen LogP contribution is 2.14. The van der Waals surface area contributed by atoms with Crippen LogP contribution in [-0.4, -0.2) is 49.9 Å². The maximum Gasteiger partial charge on any atom is 0.211 e. The Kier molecular flexibility index (Phi) is 23.9. The van der Waals surface area contributed by atoms with Crippen LogP contribution in [0.2, 0.25) is 0 Å². The van der Waals surface area contributed by atoms with Crippen molar-refractivity contribution in [2.45, 2.75) is 109 Å². The zero-order chi connectivity index (χ0) is 22.3. The van der Waals surface area contributed by atoms with E-state index in [-0.39, 0.29) is 11.9 Å². The molecule has 0 fully saturated rings. The summed E-state index contributed by atoms with van der Waals surface area (Å²) in [4.78, 5) is 0. The molecule has 0 aliphatic heterocycles. The molecule has 0 aliphatic rings. The first-order valence-corrected chi connectivity index (χ1v) is 16.5. The fourth-order valence-corrected chi connectivity index (χ4v) is 6.46. The fraction of sp³-hybridized carbons (Fsp3) is 1.00. The van der Waals surface area contributed by atoms with E-state index in [0.29, 0.717) is 13.0 Å². The minimum Gasteiger partial charge on any atom is -0.379 e. The summed E-state index contributed by atoms with van der Waals surface area (Å²) in [6.07, 6.45) is 20.1. The summed E-state index contributed by atoms with van der Waals surface area (Å²) < 4.78 is 32.7. The molecular formula is C23H48INO3S2. The molecule has 0 bridgehead atoms. The van der Waals surface area contributed by atoms with Gasteiger partial charge < -0.3 is 4.74 Å². The standard InChI is InChI=1S/C23H48INO3S2/c1-3-4-5-6-7-8-9-10-11-12-13-14-15-16-19-29-22-23(28-2)21-25-30(26,27)20-17-18-24/h23,25H,3-22H2,1-2H3. The van der Waals surface area contributed by atoms with Crippen LogP contribution in [0.15, 0.2) is 0 Å². The Morgan fingerprint density at radius 2 is 1.33 bits per heavy atom. The quantitative estimate of drug-likeness (QED) is 0.0766. The Bertz CT molecular complexity index is 450. The third kappa shape index (κ3) is 22.2. The molecule has 182 valence electrons. The number of halogens is 1. The lowest BCUT2D eigenvalue weighted by Gasteiger charge is -2.16. The second-order valence-corrected chi connectivity index (χ2v) is 12.4. The van der Waals surface area contributed by atoms with Gasteiger partial charge in [0.05, 0.1) is 11.9 Å². The highest BCUT2D eigenvalue weighted by Gasteiger charge is 2.14. The SMILES string of the molecule is CCCCCCCCCCCCCCCCSCC(CNS(=O)(=O)CCCI)OC. The predicted molar refractivity (Wildman–Crippen MR) is 144 cm³/mol. The summed E-state index contributed by atoms with van der Waals surface area (Å²) in [6, 6.07) is 0. The van der Waals surface area contributed by atoms with Crippen molar-refractivity contribution in [2.24, 2.45) is 0 Å². The monoisotopic (exact) mass is 577 g/mol. The molecule has 0 aliphatic carbocycles. The van der Waals surface area contributed by atoms with Crippen molar-refractivity contribution in [1.29, 1.82) is 0 Å². The second-order valence-electron chi connectivity index (χ2n) is 8.24. The molecule has 0 saturated heterocycles. The first-order chi connectivity index (χ1) is 14.6. The second kappa shape index (κ2) is 23.1. The molecule has 0 spiro atoms. The van der Waals surface area contributed by atoms with Crippen molar-refractivity contribution in [3.8, 4) is 0 Å². The van der Waals surface area contributed by atoms with E-state index < -0.39 is 10.0 Å². The van der Waals surface area contributed by atoms with Crippen LogP contribution < -0.4 is 4.72 Å². The zero-order valence-corrected chi connectivity index (χ0v) is 23.4. The Morgan fingerprint density at radius 3 is 1.80 bits per heavy atom. The van der Waals surface area contributed by atoms with E-state index in [1.165, 1.54) is 89.9 Å². The average Bonchev–Trinajstić information content (AvgIpc) is 2.74. The van der Waals surface area contributed by atoms with Gasteiger partial charge in [-0.1, -0.05) is 113 Å². The highest BCUT2D eigenvalue weighted by molar-refractivity contribution is 14.1. The van der Waals surface area contributed by atoms with Crippen LogP contribution in [-0.2, 0) is 14.8 Å². The van der Waals surface area contributed by atoms with E-state index in [1.54, 1.807) is 7.11 Å². The molecule has 7 heteroatoms. The van der Waals surface area contributed by atoms with Gasteiger partial charge in [-0.25, -0.2) is 13.1 Å². The third-order valence-corrected chi connectivity index (χ3v) is 8.74. The summed E-state index contributed by atoms with van der Waals surface area (Å²) in [6.45, 7) is 2.66. The fourth-order valence-electron chi connectivity index (χ4n) is 3.36. The van der Waals surface area contributed by atoms with Crippen molar-refractivity contribution >= 4 is 44.4 Å². The van der Waals surface area contributed by atoms with Crippen LogP contribution in [0.1, 0.15) is 103 Å². The van der Waals surface area contributed by atoms with E-state index in [0.717, 1.165) is 15.9 Å². The van der Waals surface area contributed by atoms with Crippen LogP contribution in [0.5, 0.6) is 0 Å². The molecule has 0 aromatic heterocycles. The average molecular weight is 578 g/mol. The van der Waals surface area contributed by atoms with Crippen LogP contribution >= 0.6 is 34.4 Å². The van der Waals surface area contributed by atoms with Gasteiger partial charge in [-0.05, 0) is 18.6 Å². The minimum atomic E-state index is -3.15. The van der Waals surface area contributed by atoms with Gasteiger partial charge in [-0.15, -0.1) is 0 Å². The van der Waals surface area contributed by atoms with Gasteiger partial charge in [0.15, 0.2) is 0 Å². The van der Waals surface area contributed by atoms with Crippen molar-refractivity contribution in [3.05, 3.63) is 0 Å². The number of hydrogen-bond donors (Lipinski definition) is 1. The van der Waals surface area contributed by atoms with E-state index >= 15 is 0 Å². The molecule has 0 aromatic carbocycles. The molecular weight excluding hydrogens is 529 g/mol. The number of unbranched alkanes of at least 4 members (excludes halogenated alkanes) is 13. The summed E-state index contributed by atoms with van der Waals surface area (Å²) in [5, 5.41) is 0. The largest absolute Gasteiger partial charge is 0.379 e. The molecule has 4 nitrogen and oxygen atoms in total. The van der Waals surface area contributed by atoms with E-state index in [1.807, 2.05) is 11.8 Å². The molecule has 0 amide bonds. The number of hydrogen-bond acceptors (Lipinski definition) is 4. The first-order valence-electron chi connectivity index (χ1n) is 12.2. The van der Waals surface area contributed by atoms with Gasteiger partial charge in [-0.3, -0.25) is 0 Å². The number of rotatable bonds is 24. The summed E-state index contributed by atoms with van der Waals surface area (Å²) >= 11 is 4.08. The zero-order valence-electron chi connectivity index (χ0n) is 19.6. The minimum absolute atomic E-state index is 0.0454. The lowest BCUT2D eigenvalue weighted by molar-refractivity contribution is 0.126. The van der Waals surface area contributed by atoms with Crippen LogP contribution in [0.3, 0.4) is 0 Å². The lowest BCUT2D eigenvalue weighted by Crippen LogP contribution is -2.36. The Labute approximate surface area is 206 Å². The molecule has 30 heavy (non-hydrogen) atoms. The van der Waals surface area contributed by atoms with Gasteiger partial charge in [0.2, 0.25) is 10.0 Å². The highest BCUT2D eigenvalue weighted by atomic mass is 127. The van der Waals surface area contributed by atoms with Crippen molar-refractivity contribution in [1.82, 2.24) is 4.72 Å². The smallest absolute Gasteiger partial charge is 0.211 e. The maximum atomic E-state index is 11.9. The molecule has 0 saturated carbocycles. The van der Waals surface area contributed by atoms with E-state index in [9.17, 15) is 8.42 Å². The molecule has 1 N–H and O–H groups in total. The topological polar surface area (TPSA) is 55.4 Å². The number of ether oxygens (including phenoxy) is 1. The van der Waals surface area contributed by atoms with Gasteiger partial charge in [0.1, 0.15) is 0 Å². The van der Waals surface area contributed by atoms with Crippen molar-refractivity contribution < 1.29 is 13.2 Å². The predicted octanol–water partition coefficient (Wildman–Crippen LogP) is 6.96. The van der Waals surface area contributed by atoms with Gasteiger partial charge in [0.25, 0.3) is 0 Å². The maximum absolute atomic E-state index is 11.9. The van der Waals surface area contributed by atoms with E-state index in [4.69, 9.17) is 4.74 Å². The van der Waals surface area contributed by atoms with Gasteiger partial charge in [0, 0.05) is 23.8 Å². The molecule has 1 atom stereocenters. The van der Waals surface area contributed by atoms with Crippen LogP contribution in [0.25, 0.3) is 0 Å². The third-order valence-electron chi connectivity index (χ3n) is 5.36. The number of methoxy groups -OCH3 is 1. The number of sulfonamides is 1. The Morgan fingerprint density at radius 1 is 0.833 bits per heavy atom.